The van der Waals surface area contributed by atoms with Crippen molar-refractivity contribution in [2.24, 2.45) is 0 Å². The van der Waals surface area contributed by atoms with Gasteiger partial charge in [0.15, 0.2) is 0 Å². The lowest BCUT2D eigenvalue weighted by molar-refractivity contribution is -0.116. The Labute approximate surface area is 155 Å². The average Bonchev–Trinajstić information content (AvgIpc) is 2.99. The number of furan rings is 1. The number of anilines is 1. The summed E-state index contributed by atoms with van der Waals surface area (Å²) in [6, 6.07) is 14.7. The third kappa shape index (κ3) is 3.02. The number of hydrogen-bond acceptors (Lipinski definition) is 4. The molecule has 0 aliphatic heterocycles. The van der Waals surface area contributed by atoms with Crippen LogP contribution in [0.4, 0.5) is 5.69 Å². The molecule has 0 unspecified atom stereocenters. The Balaban J connectivity index is 1.64. The number of benzene rings is 2. The van der Waals surface area contributed by atoms with Crippen molar-refractivity contribution in [3.05, 3.63) is 68.8 Å². The Morgan fingerprint density at radius 1 is 1.16 bits per heavy atom. The number of para-hydroxylation sites is 1. The lowest BCUT2D eigenvalue weighted by Gasteiger charge is -2.07. The second kappa shape index (κ2) is 6.32. The lowest BCUT2D eigenvalue weighted by Crippen LogP contribution is -2.27. The minimum atomic E-state index is -0.376. The van der Waals surface area contributed by atoms with E-state index in [4.69, 9.17) is 4.42 Å². The van der Waals surface area contributed by atoms with Gasteiger partial charge in [0.25, 0.3) is 5.56 Å². The molecule has 25 heavy (non-hydrogen) atoms. The fourth-order valence-corrected chi connectivity index (χ4v) is 2.98. The van der Waals surface area contributed by atoms with Crippen LogP contribution in [-0.4, -0.2) is 15.5 Å². The number of hydrogen-bond donors (Lipinski definition) is 1. The molecule has 0 saturated heterocycles. The third-order valence-corrected chi connectivity index (χ3v) is 4.51. The molecule has 0 spiro atoms. The Hall–Kier alpha value is -2.68. The maximum absolute atomic E-state index is 12.6. The zero-order valence-electron chi connectivity index (χ0n) is 12.9. The van der Waals surface area contributed by atoms with Crippen LogP contribution in [0.2, 0.25) is 0 Å². The van der Waals surface area contributed by atoms with E-state index >= 15 is 0 Å². The highest BCUT2D eigenvalue weighted by Gasteiger charge is 2.14. The van der Waals surface area contributed by atoms with E-state index in [0.717, 1.165) is 8.96 Å². The third-order valence-electron chi connectivity index (χ3n) is 3.79. The summed E-state index contributed by atoms with van der Waals surface area (Å²) in [5.41, 5.74) is 1.57. The first-order chi connectivity index (χ1) is 12.1. The molecule has 0 bridgehead atoms. The Morgan fingerprint density at radius 3 is 2.72 bits per heavy atom. The minimum absolute atomic E-state index is 0.134. The quantitative estimate of drug-likeness (QED) is 0.491. The van der Waals surface area contributed by atoms with Gasteiger partial charge in [0.2, 0.25) is 11.5 Å². The molecule has 0 fully saturated rings. The van der Waals surface area contributed by atoms with Crippen molar-refractivity contribution in [2.45, 2.75) is 6.54 Å². The minimum Gasteiger partial charge on any atom is -0.448 e. The van der Waals surface area contributed by atoms with Crippen LogP contribution in [0, 0.1) is 3.57 Å². The van der Waals surface area contributed by atoms with Gasteiger partial charge in [0.1, 0.15) is 17.6 Å². The van der Waals surface area contributed by atoms with Gasteiger partial charge in [-0.05, 0) is 59.0 Å². The van der Waals surface area contributed by atoms with Crippen molar-refractivity contribution in [3.63, 3.8) is 0 Å². The SMILES string of the molecule is O=C(Cn1cnc2c(oc3ccccc32)c1=O)Nc1ccc(I)cc1. The standard InChI is InChI=1S/C18H12IN3O3/c19-11-5-7-12(8-6-11)21-15(23)9-22-10-20-16-13-3-1-2-4-14(13)25-17(16)18(22)24/h1-8,10H,9H2,(H,21,23). The first-order valence-corrected chi connectivity index (χ1v) is 8.62. The number of aromatic nitrogens is 2. The molecule has 2 aromatic carbocycles. The predicted octanol–water partition coefficient (Wildman–Crippen LogP) is 3.39. The van der Waals surface area contributed by atoms with E-state index in [0.29, 0.717) is 16.8 Å². The van der Waals surface area contributed by atoms with Crippen molar-refractivity contribution < 1.29 is 9.21 Å². The average molecular weight is 445 g/mol. The smallest absolute Gasteiger partial charge is 0.297 e. The van der Waals surface area contributed by atoms with Gasteiger partial charge in [-0.1, -0.05) is 12.1 Å². The van der Waals surface area contributed by atoms with Crippen LogP contribution < -0.4 is 10.9 Å². The van der Waals surface area contributed by atoms with Crippen LogP contribution in [0.3, 0.4) is 0 Å². The van der Waals surface area contributed by atoms with Gasteiger partial charge in [-0.2, -0.15) is 0 Å². The Kier molecular flexibility index (Phi) is 4.00. The summed E-state index contributed by atoms with van der Waals surface area (Å²) in [7, 11) is 0. The molecule has 1 N–H and O–H groups in total. The van der Waals surface area contributed by atoms with Crippen LogP contribution in [0.1, 0.15) is 0 Å². The number of halogens is 1. The lowest BCUT2D eigenvalue weighted by atomic mass is 10.2. The molecular weight excluding hydrogens is 433 g/mol. The second-order valence-electron chi connectivity index (χ2n) is 5.51. The topological polar surface area (TPSA) is 77.1 Å². The van der Waals surface area contributed by atoms with Crippen molar-refractivity contribution in [1.29, 1.82) is 0 Å². The van der Waals surface area contributed by atoms with E-state index in [1.807, 2.05) is 42.5 Å². The molecule has 6 nitrogen and oxygen atoms in total. The van der Waals surface area contributed by atoms with Crippen LogP contribution in [0.25, 0.3) is 22.1 Å². The van der Waals surface area contributed by atoms with Gasteiger partial charge >= 0.3 is 0 Å². The van der Waals surface area contributed by atoms with Crippen LogP contribution in [-0.2, 0) is 11.3 Å². The second-order valence-corrected chi connectivity index (χ2v) is 6.75. The number of amides is 1. The maximum atomic E-state index is 12.6. The molecule has 4 rings (SSSR count). The van der Waals surface area contributed by atoms with E-state index in [2.05, 4.69) is 32.9 Å². The highest BCUT2D eigenvalue weighted by Crippen LogP contribution is 2.24. The first kappa shape index (κ1) is 15.8. The molecule has 0 atom stereocenters. The number of nitrogens with one attached hydrogen (secondary N) is 1. The number of nitrogens with zero attached hydrogens (tertiary/aromatic N) is 2. The summed E-state index contributed by atoms with van der Waals surface area (Å²) in [4.78, 5) is 29.1. The van der Waals surface area contributed by atoms with Gasteiger partial charge in [-0.3, -0.25) is 14.2 Å². The Bertz CT molecular complexity index is 1150. The summed E-state index contributed by atoms with van der Waals surface area (Å²) in [5, 5.41) is 3.54. The fourth-order valence-electron chi connectivity index (χ4n) is 2.62. The zero-order chi connectivity index (χ0) is 17.4. The molecule has 7 heteroatoms. The maximum Gasteiger partial charge on any atom is 0.297 e. The van der Waals surface area contributed by atoms with E-state index in [-0.39, 0.29) is 23.6 Å². The van der Waals surface area contributed by atoms with Crippen molar-refractivity contribution in [2.75, 3.05) is 5.32 Å². The number of rotatable bonds is 3. The predicted molar refractivity (Wildman–Crippen MR) is 104 cm³/mol. The summed E-state index contributed by atoms with van der Waals surface area (Å²) < 4.78 is 7.93. The summed E-state index contributed by atoms with van der Waals surface area (Å²) in [6.45, 7) is -0.134. The molecule has 0 aliphatic rings. The number of fused-ring (bicyclic) bond motifs is 3. The van der Waals surface area contributed by atoms with E-state index in [1.54, 1.807) is 6.07 Å². The van der Waals surface area contributed by atoms with E-state index in [1.165, 1.54) is 10.9 Å². The highest BCUT2D eigenvalue weighted by atomic mass is 127. The number of carbonyl (C=O) groups excluding carboxylic acids is 1. The largest absolute Gasteiger partial charge is 0.448 e. The zero-order valence-corrected chi connectivity index (χ0v) is 15.1. The van der Waals surface area contributed by atoms with Gasteiger partial charge in [-0.25, -0.2) is 4.98 Å². The molecule has 0 radical (unpaired) electrons. The normalized spacial score (nSPS) is 11.1. The molecule has 124 valence electrons. The molecule has 4 aromatic rings. The first-order valence-electron chi connectivity index (χ1n) is 7.54. The van der Waals surface area contributed by atoms with Crippen molar-refractivity contribution in [1.82, 2.24) is 9.55 Å². The monoisotopic (exact) mass is 445 g/mol. The van der Waals surface area contributed by atoms with Crippen molar-refractivity contribution in [3.8, 4) is 0 Å². The van der Waals surface area contributed by atoms with Gasteiger partial charge in [0.05, 0.1) is 6.33 Å². The van der Waals surface area contributed by atoms with Gasteiger partial charge in [-0.15, -0.1) is 0 Å². The van der Waals surface area contributed by atoms with Crippen LogP contribution in [0.15, 0.2) is 64.1 Å². The summed E-state index contributed by atoms with van der Waals surface area (Å²) >= 11 is 2.19. The molecule has 1 amide bonds. The van der Waals surface area contributed by atoms with Crippen LogP contribution >= 0.6 is 22.6 Å². The molecule has 0 aliphatic carbocycles. The highest BCUT2D eigenvalue weighted by molar-refractivity contribution is 14.1. The Morgan fingerprint density at radius 2 is 1.92 bits per heavy atom. The van der Waals surface area contributed by atoms with Crippen LogP contribution in [0.5, 0.6) is 0 Å². The van der Waals surface area contributed by atoms with Gasteiger partial charge < -0.3 is 9.73 Å². The van der Waals surface area contributed by atoms with E-state index in [9.17, 15) is 9.59 Å². The van der Waals surface area contributed by atoms with E-state index < -0.39 is 0 Å². The fraction of sp³-hybridized carbons (Fsp3) is 0.0556. The van der Waals surface area contributed by atoms with Crippen molar-refractivity contribution >= 4 is 56.3 Å². The summed E-state index contributed by atoms with van der Waals surface area (Å²) in [6.07, 6.45) is 1.38. The molecular formula is C18H12IN3O3. The molecule has 2 heterocycles. The van der Waals surface area contributed by atoms with Gasteiger partial charge in [0, 0.05) is 14.6 Å². The number of carbonyl (C=O) groups is 1. The summed E-state index contributed by atoms with van der Waals surface area (Å²) in [5.74, 6) is -0.305. The molecule has 0 saturated carbocycles. The molecule has 2 aromatic heterocycles.